The summed E-state index contributed by atoms with van der Waals surface area (Å²) in [6.45, 7) is 5.79. The van der Waals surface area contributed by atoms with E-state index in [0.29, 0.717) is 16.9 Å². The second-order valence-electron chi connectivity index (χ2n) is 6.41. The zero-order valence-electron chi connectivity index (χ0n) is 14.1. The van der Waals surface area contributed by atoms with Gasteiger partial charge in [-0.15, -0.1) is 0 Å². The number of aromatic nitrogens is 2. The number of benzene rings is 1. The molecule has 3 rings (SSSR count). The maximum absolute atomic E-state index is 13.9. The van der Waals surface area contributed by atoms with E-state index in [1.54, 1.807) is 25.1 Å². The van der Waals surface area contributed by atoms with Crippen LogP contribution in [-0.2, 0) is 4.74 Å². The first-order valence-electron chi connectivity index (χ1n) is 8.21. The highest BCUT2D eigenvalue weighted by molar-refractivity contribution is 5.95. The molecule has 2 unspecified atom stereocenters. The summed E-state index contributed by atoms with van der Waals surface area (Å²) in [5.41, 5.74) is 1.41. The summed E-state index contributed by atoms with van der Waals surface area (Å²) in [5.74, 6) is -0.552. The van der Waals surface area contributed by atoms with Gasteiger partial charge in [-0.3, -0.25) is 4.79 Å². The number of nitrogens with zero attached hydrogens (tertiary/aromatic N) is 2. The van der Waals surface area contributed by atoms with Crippen molar-refractivity contribution in [3.05, 3.63) is 47.5 Å². The van der Waals surface area contributed by atoms with Crippen LogP contribution in [0, 0.1) is 12.7 Å². The molecule has 0 spiro atoms. The lowest BCUT2D eigenvalue weighted by molar-refractivity contribution is -0.0408. The lowest BCUT2D eigenvalue weighted by Gasteiger charge is -2.32. The Morgan fingerprint density at radius 3 is 2.62 bits per heavy atom. The molecule has 1 aromatic heterocycles. The highest BCUT2D eigenvalue weighted by Crippen LogP contribution is 2.21. The van der Waals surface area contributed by atoms with Gasteiger partial charge in [0, 0.05) is 6.04 Å². The van der Waals surface area contributed by atoms with Gasteiger partial charge in [0.1, 0.15) is 11.5 Å². The van der Waals surface area contributed by atoms with Crippen molar-refractivity contribution in [2.75, 3.05) is 0 Å². The number of nitrogens with one attached hydrogen (secondary N) is 1. The predicted octanol–water partition coefficient (Wildman–Crippen LogP) is 3.01. The Bertz CT molecular complexity index is 734. The summed E-state index contributed by atoms with van der Waals surface area (Å²) < 4.78 is 21.1. The van der Waals surface area contributed by atoms with E-state index < -0.39 is 0 Å². The van der Waals surface area contributed by atoms with Crippen LogP contribution < -0.4 is 5.32 Å². The number of rotatable bonds is 3. The van der Waals surface area contributed by atoms with Crippen LogP contribution in [-0.4, -0.2) is 33.9 Å². The normalized spacial score (nSPS) is 23.9. The summed E-state index contributed by atoms with van der Waals surface area (Å²) in [6, 6.07) is 6.45. The van der Waals surface area contributed by atoms with Crippen LogP contribution in [0.4, 0.5) is 4.39 Å². The first-order valence-corrected chi connectivity index (χ1v) is 8.21. The largest absolute Gasteiger partial charge is 0.375 e. The molecule has 2 aromatic rings. The maximum Gasteiger partial charge on any atom is 0.254 e. The molecular formula is C18H22FN3O2. The van der Waals surface area contributed by atoms with E-state index in [9.17, 15) is 9.18 Å². The van der Waals surface area contributed by atoms with Crippen molar-refractivity contribution in [2.45, 2.75) is 51.9 Å². The van der Waals surface area contributed by atoms with Gasteiger partial charge in [-0.25, -0.2) is 9.07 Å². The highest BCUT2D eigenvalue weighted by Gasteiger charge is 2.27. The average Bonchev–Trinajstić information content (AvgIpc) is 2.88. The molecule has 1 fully saturated rings. The number of amides is 1. The molecule has 1 aromatic carbocycles. The minimum atomic E-state index is -0.372. The van der Waals surface area contributed by atoms with Gasteiger partial charge < -0.3 is 10.1 Å². The lowest BCUT2D eigenvalue weighted by atomic mass is 9.99. The van der Waals surface area contributed by atoms with E-state index in [4.69, 9.17) is 4.74 Å². The molecule has 0 saturated carbocycles. The number of carbonyl (C=O) groups is 1. The summed E-state index contributed by atoms with van der Waals surface area (Å²) in [7, 11) is 0. The van der Waals surface area contributed by atoms with Gasteiger partial charge in [0.2, 0.25) is 0 Å². The molecule has 1 amide bonds. The topological polar surface area (TPSA) is 56.1 Å². The van der Waals surface area contributed by atoms with Crippen molar-refractivity contribution in [2.24, 2.45) is 0 Å². The predicted molar refractivity (Wildman–Crippen MR) is 88.8 cm³/mol. The third-order valence-electron chi connectivity index (χ3n) is 4.37. The highest BCUT2D eigenvalue weighted by atomic mass is 19.1. The third kappa shape index (κ3) is 3.33. The number of para-hydroxylation sites is 1. The average molecular weight is 331 g/mol. The van der Waals surface area contributed by atoms with Gasteiger partial charge >= 0.3 is 0 Å². The van der Waals surface area contributed by atoms with E-state index in [-0.39, 0.29) is 30.0 Å². The van der Waals surface area contributed by atoms with Crippen LogP contribution in [0.25, 0.3) is 5.69 Å². The summed E-state index contributed by atoms with van der Waals surface area (Å²) in [6.07, 6.45) is 3.32. The second kappa shape index (κ2) is 6.73. The lowest BCUT2D eigenvalue weighted by Crippen LogP contribution is -2.44. The van der Waals surface area contributed by atoms with E-state index >= 15 is 0 Å². The fourth-order valence-electron chi connectivity index (χ4n) is 3.29. The molecule has 24 heavy (non-hydrogen) atoms. The molecule has 1 aliphatic heterocycles. The van der Waals surface area contributed by atoms with Crippen molar-refractivity contribution in [1.29, 1.82) is 0 Å². The van der Waals surface area contributed by atoms with Crippen molar-refractivity contribution in [3.8, 4) is 5.69 Å². The first-order chi connectivity index (χ1) is 11.5. The molecule has 0 radical (unpaired) electrons. The van der Waals surface area contributed by atoms with E-state index in [1.807, 2.05) is 13.8 Å². The third-order valence-corrected chi connectivity index (χ3v) is 4.37. The molecule has 2 atom stereocenters. The smallest absolute Gasteiger partial charge is 0.254 e. The van der Waals surface area contributed by atoms with Crippen LogP contribution in [0.15, 0.2) is 30.5 Å². The molecule has 5 nitrogen and oxygen atoms in total. The van der Waals surface area contributed by atoms with Crippen LogP contribution in [0.3, 0.4) is 0 Å². The Morgan fingerprint density at radius 1 is 1.29 bits per heavy atom. The number of halogens is 1. The number of carbonyl (C=O) groups excluding carboxylic acids is 1. The molecule has 1 saturated heterocycles. The Labute approximate surface area is 140 Å². The van der Waals surface area contributed by atoms with Crippen molar-refractivity contribution >= 4 is 5.91 Å². The van der Waals surface area contributed by atoms with Crippen molar-refractivity contribution in [3.63, 3.8) is 0 Å². The molecule has 1 N–H and O–H groups in total. The second-order valence-corrected chi connectivity index (χ2v) is 6.41. The molecule has 0 bridgehead atoms. The molecule has 0 aliphatic carbocycles. The van der Waals surface area contributed by atoms with Crippen LogP contribution >= 0.6 is 0 Å². The van der Waals surface area contributed by atoms with Gasteiger partial charge in [0.25, 0.3) is 5.91 Å². The quantitative estimate of drug-likeness (QED) is 0.941. The number of hydrogen-bond acceptors (Lipinski definition) is 3. The zero-order chi connectivity index (χ0) is 17.3. The Hall–Kier alpha value is -2.21. The molecule has 1 aliphatic rings. The Balaban J connectivity index is 1.78. The van der Waals surface area contributed by atoms with Crippen LogP contribution in [0.2, 0.25) is 0 Å². The number of hydrogen-bond donors (Lipinski definition) is 1. The van der Waals surface area contributed by atoms with Crippen LogP contribution in [0.1, 0.15) is 42.7 Å². The summed E-state index contributed by atoms with van der Waals surface area (Å²) >= 11 is 0. The number of ether oxygens (including phenoxy) is 1. The minimum Gasteiger partial charge on any atom is -0.375 e. The van der Waals surface area contributed by atoms with Gasteiger partial charge in [0.15, 0.2) is 0 Å². The molecule has 6 heteroatoms. The van der Waals surface area contributed by atoms with E-state index in [1.165, 1.54) is 16.9 Å². The standard InChI is InChI=1S/C18H22FN3O2/c1-11-8-14(9-12(2)24-11)21-18(23)15-10-20-22(13(15)3)17-7-5-4-6-16(17)19/h4-7,10-12,14H,8-9H2,1-3H3,(H,21,23). The molecule has 2 heterocycles. The Morgan fingerprint density at radius 2 is 1.96 bits per heavy atom. The van der Waals surface area contributed by atoms with Gasteiger partial charge in [0.05, 0.1) is 29.7 Å². The Kier molecular flexibility index (Phi) is 4.66. The van der Waals surface area contributed by atoms with E-state index in [0.717, 1.165) is 12.8 Å². The van der Waals surface area contributed by atoms with Gasteiger partial charge in [-0.2, -0.15) is 5.10 Å². The summed E-state index contributed by atoms with van der Waals surface area (Å²) in [5, 5.41) is 7.23. The zero-order valence-corrected chi connectivity index (χ0v) is 14.1. The SMILES string of the molecule is Cc1c(C(=O)NC2CC(C)OC(C)C2)cnn1-c1ccccc1F. The fourth-order valence-corrected chi connectivity index (χ4v) is 3.29. The van der Waals surface area contributed by atoms with Gasteiger partial charge in [-0.05, 0) is 45.7 Å². The fraction of sp³-hybridized carbons (Fsp3) is 0.444. The monoisotopic (exact) mass is 331 g/mol. The minimum absolute atomic E-state index is 0.0764. The van der Waals surface area contributed by atoms with Crippen LogP contribution in [0.5, 0.6) is 0 Å². The summed E-state index contributed by atoms with van der Waals surface area (Å²) in [4.78, 5) is 12.6. The van der Waals surface area contributed by atoms with E-state index in [2.05, 4.69) is 10.4 Å². The van der Waals surface area contributed by atoms with Crippen molar-refractivity contribution in [1.82, 2.24) is 15.1 Å². The maximum atomic E-state index is 13.9. The molecular weight excluding hydrogens is 309 g/mol. The molecule has 128 valence electrons. The first kappa shape index (κ1) is 16.6. The van der Waals surface area contributed by atoms with Gasteiger partial charge in [-0.1, -0.05) is 12.1 Å². The van der Waals surface area contributed by atoms with Crippen molar-refractivity contribution < 1.29 is 13.9 Å².